The Morgan fingerprint density at radius 3 is 2.78 bits per heavy atom. The molecule has 0 saturated heterocycles. The maximum Gasteiger partial charge on any atom is 0.256 e. The Hall–Kier alpha value is -1.04. The number of hydrogen-bond donors (Lipinski definition) is 2. The lowest BCUT2D eigenvalue weighted by Crippen LogP contribution is -2.12. The van der Waals surface area contributed by atoms with Crippen LogP contribution in [0.15, 0.2) is 27.4 Å². The van der Waals surface area contributed by atoms with E-state index >= 15 is 0 Å². The SMILES string of the molecule is Cc1cc(N)c(Cl)cc1NC(=O)c1csc(Br)c1. The summed E-state index contributed by atoms with van der Waals surface area (Å²) in [5.41, 5.74) is 8.34. The van der Waals surface area contributed by atoms with Gasteiger partial charge in [0.2, 0.25) is 0 Å². The quantitative estimate of drug-likeness (QED) is 0.797. The molecule has 1 amide bonds. The molecule has 18 heavy (non-hydrogen) atoms. The molecule has 3 N–H and O–H groups in total. The molecule has 1 aromatic heterocycles. The van der Waals surface area contributed by atoms with Crippen molar-refractivity contribution < 1.29 is 4.79 Å². The van der Waals surface area contributed by atoms with E-state index in [1.165, 1.54) is 11.3 Å². The number of halogens is 2. The van der Waals surface area contributed by atoms with Crippen LogP contribution in [0.3, 0.4) is 0 Å². The zero-order valence-electron chi connectivity index (χ0n) is 9.46. The van der Waals surface area contributed by atoms with Crippen LogP contribution in [0.2, 0.25) is 5.02 Å². The first-order valence-electron chi connectivity index (χ1n) is 5.08. The van der Waals surface area contributed by atoms with E-state index < -0.39 is 0 Å². The average Bonchev–Trinajstić information content (AvgIpc) is 2.73. The first kappa shape index (κ1) is 13.4. The predicted octanol–water partition coefficient (Wildman–Crippen LogP) is 4.31. The molecule has 0 spiro atoms. The van der Waals surface area contributed by atoms with Crippen molar-refractivity contribution in [1.82, 2.24) is 0 Å². The van der Waals surface area contributed by atoms with E-state index in [0.717, 1.165) is 9.35 Å². The number of hydrogen-bond acceptors (Lipinski definition) is 3. The largest absolute Gasteiger partial charge is 0.398 e. The van der Waals surface area contributed by atoms with E-state index in [4.69, 9.17) is 17.3 Å². The fourth-order valence-corrected chi connectivity index (χ4v) is 2.76. The molecule has 1 aromatic carbocycles. The lowest BCUT2D eigenvalue weighted by molar-refractivity contribution is 0.102. The zero-order valence-corrected chi connectivity index (χ0v) is 12.6. The standard InChI is InChI=1S/C12H10BrClN2OS/c1-6-2-9(15)8(14)4-10(6)16-12(17)7-3-11(13)18-5-7/h2-5H,15H2,1H3,(H,16,17). The van der Waals surface area contributed by atoms with Crippen LogP contribution in [0.1, 0.15) is 15.9 Å². The minimum absolute atomic E-state index is 0.166. The summed E-state index contributed by atoms with van der Waals surface area (Å²) >= 11 is 10.7. The maximum atomic E-state index is 12.0. The van der Waals surface area contributed by atoms with Gasteiger partial charge >= 0.3 is 0 Å². The Kier molecular flexibility index (Phi) is 3.94. The van der Waals surface area contributed by atoms with Gasteiger partial charge in [-0.2, -0.15) is 0 Å². The van der Waals surface area contributed by atoms with E-state index in [9.17, 15) is 4.79 Å². The molecule has 0 saturated carbocycles. The third-order valence-corrected chi connectivity index (χ3v) is 4.25. The number of carbonyl (C=O) groups is 1. The van der Waals surface area contributed by atoms with Gasteiger partial charge in [0.15, 0.2) is 0 Å². The van der Waals surface area contributed by atoms with Crippen molar-refractivity contribution in [2.24, 2.45) is 0 Å². The molecule has 0 bridgehead atoms. The van der Waals surface area contributed by atoms with Crippen molar-refractivity contribution in [3.8, 4) is 0 Å². The second-order valence-corrected chi connectivity index (χ2v) is 6.48. The fourth-order valence-electron chi connectivity index (χ4n) is 1.46. The summed E-state index contributed by atoms with van der Waals surface area (Å²) in [6.45, 7) is 1.87. The minimum Gasteiger partial charge on any atom is -0.398 e. The molecule has 0 aliphatic carbocycles. The van der Waals surface area contributed by atoms with E-state index in [1.54, 1.807) is 23.6 Å². The number of carbonyl (C=O) groups excluding carboxylic acids is 1. The van der Waals surface area contributed by atoms with Gasteiger partial charge in [-0.1, -0.05) is 11.6 Å². The van der Waals surface area contributed by atoms with Crippen LogP contribution in [-0.4, -0.2) is 5.91 Å². The van der Waals surface area contributed by atoms with Crippen LogP contribution < -0.4 is 11.1 Å². The first-order chi connectivity index (χ1) is 8.47. The summed E-state index contributed by atoms with van der Waals surface area (Å²) < 4.78 is 0.916. The topological polar surface area (TPSA) is 55.1 Å². The highest BCUT2D eigenvalue weighted by atomic mass is 79.9. The molecule has 2 aromatic rings. The summed E-state index contributed by atoms with van der Waals surface area (Å²) in [5, 5.41) is 5.03. The molecule has 1 heterocycles. The van der Waals surface area contributed by atoms with E-state index in [0.29, 0.717) is 22.0 Å². The zero-order chi connectivity index (χ0) is 13.3. The van der Waals surface area contributed by atoms with Crippen molar-refractivity contribution in [3.63, 3.8) is 0 Å². The Bertz CT molecular complexity index is 612. The number of aryl methyl sites for hydroxylation is 1. The molecular formula is C12H10BrClN2OS. The van der Waals surface area contributed by atoms with Crippen LogP contribution in [0.5, 0.6) is 0 Å². The van der Waals surface area contributed by atoms with Crippen molar-refractivity contribution in [3.05, 3.63) is 43.5 Å². The van der Waals surface area contributed by atoms with E-state index in [1.807, 2.05) is 6.92 Å². The molecule has 0 aliphatic heterocycles. The van der Waals surface area contributed by atoms with Gasteiger partial charge in [0, 0.05) is 11.1 Å². The first-order valence-corrected chi connectivity index (χ1v) is 7.13. The molecule has 3 nitrogen and oxygen atoms in total. The average molecular weight is 346 g/mol. The molecule has 2 rings (SSSR count). The summed E-state index contributed by atoms with van der Waals surface area (Å²) in [5.74, 6) is -0.166. The van der Waals surface area contributed by atoms with Gasteiger partial charge in [0.25, 0.3) is 5.91 Å². The Labute approximate surface area is 122 Å². The van der Waals surface area contributed by atoms with E-state index in [2.05, 4.69) is 21.2 Å². The minimum atomic E-state index is -0.166. The molecule has 0 atom stereocenters. The van der Waals surface area contributed by atoms with Crippen LogP contribution >= 0.6 is 38.9 Å². The van der Waals surface area contributed by atoms with Crippen LogP contribution in [0, 0.1) is 6.92 Å². The van der Waals surface area contributed by atoms with Crippen molar-refractivity contribution in [1.29, 1.82) is 0 Å². The van der Waals surface area contributed by atoms with Crippen molar-refractivity contribution >= 4 is 56.1 Å². The smallest absolute Gasteiger partial charge is 0.256 e. The normalized spacial score (nSPS) is 10.4. The van der Waals surface area contributed by atoms with Gasteiger partial charge < -0.3 is 11.1 Å². The molecular weight excluding hydrogens is 336 g/mol. The van der Waals surface area contributed by atoms with Gasteiger partial charge in [0.1, 0.15) is 0 Å². The highest BCUT2D eigenvalue weighted by Crippen LogP contribution is 2.27. The van der Waals surface area contributed by atoms with Crippen molar-refractivity contribution in [2.45, 2.75) is 6.92 Å². The van der Waals surface area contributed by atoms with Gasteiger partial charge in [0.05, 0.1) is 20.1 Å². The number of nitrogens with one attached hydrogen (secondary N) is 1. The monoisotopic (exact) mass is 344 g/mol. The number of amides is 1. The lowest BCUT2D eigenvalue weighted by Gasteiger charge is -2.09. The molecule has 0 aliphatic rings. The Morgan fingerprint density at radius 1 is 1.44 bits per heavy atom. The predicted molar refractivity (Wildman–Crippen MR) is 80.6 cm³/mol. The molecule has 0 unspecified atom stereocenters. The summed E-state index contributed by atoms with van der Waals surface area (Å²) in [6, 6.07) is 5.17. The highest BCUT2D eigenvalue weighted by Gasteiger charge is 2.11. The summed E-state index contributed by atoms with van der Waals surface area (Å²) in [4.78, 5) is 12.0. The van der Waals surface area contributed by atoms with Crippen molar-refractivity contribution in [2.75, 3.05) is 11.1 Å². The van der Waals surface area contributed by atoms with Crippen LogP contribution in [0.4, 0.5) is 11.4 Å². The second-order valence-electron chi connectivity index (χ2n) is 3.78. The number of thiophene rings is 1. The summed E-state index contributed by atoms with van der Waals surface area (Å²) in [6.07, 6.45) is 0. The third-order valence-electron chi connectivity index (χ3n) is 2.42. The number of nitrogens with two attached hydrogens (primary N) is 1. The van der Waals surface area contributed by atoms with Gasteiger partial charge in [-0.3, -0.25) is 4.79 Å². The number of nitrogen functional groups attached to an aromatic ring is 1. The van der Waals surface area contributed by atoms with E-state index in [-0.39, 0.29) is 5.91 Å². The number of rotatable bonds is 2. The Balaban J connectivity index is 2.24. The van der Waals surface area contributed by atoms with Gasteiger partial charge in [-0.05, 0) is 46.6 Å². The number of benzene rings is 1. The summed E-state index contributed by atoms with van der Waals surface area (Å²) in [7, 11) is 0. The molecule has 0 radical (unpaired) electrons. The lowest BCUT2D eigenvalue weighted by atomic mass is 10.1. The van der Waals surface area contributed by atoms with Gasteiger partial charge in [-0.15, -0.1) is 11.3 Å². The second kappa shape index (κ2) is 5.30. The maximum absolute atomic E-state index is 12.0. The van der Waals surface area contributed by atoms with Crippen LogP contribution in [-0.2, 0) is 0 Å². The van der Waals surface area contributed by atoms with Gasteiger partial charge in [-0.25, -0.2) is 0 Å². The number of anilines is 2. The molecule has 0 fully saturated rings. The molecule has 94 valence electrons. The molecule has 6 heteroatoms. The van der Waals surface area contributed by atoms with Crippen LogP contribution in [0.25, 0.3) is 0 Å². The fraction of sp³-hybridized carbons (Fsp3) is 0.0833. The highest BCUT2D eigenvalue weighted by molar-refractivity contribution is 9.11. The Morgan fingerprint density at radius 2 is 2.17 bits per heavy atom. The third kappa shape index (κ3) is 2.85.